The third-order valence-electron chi connectivity index (χ3n) is 5.30. The van der Waals surface area contributed by atoms with Crippen molar-refractivity contribution in [1.82, 2.24) is 5.32 Å². The second kappa shape index (κ2) is 24.9. The molecule has 0 bridgehead atoms. The fraction of sp³-hybridized carbons (Fsp3) is 0.810. The lowest BCUT2D eigenvalue weighted by molar-refractivity contribution is -0.790. The first-order chi connectivity index (χ1) is 21.8. The van der Waals surface area contributed by atoms with Crippen LogP contribution in [0.15, 0.2) is 4.99 Å². The van der Waals surface area contributed by atoms with Crippen LogP contribution >= 0.6 is 0 Å². The third-order valence-corrected chi connectivity index (χ3v) is 5.30. The summed E-state index contributed by atoms with van der Waals surface area (Å²) in [6.07, 6.45) is -3.32. The molecule has 0 spiro atoms. The largest absolute Gasteiger partial charge is 0.465 e. The zero-order valence-electron chi connectivity index (χ0n) is 24.4. The summed E-state index contributed by atoms with van der Waals surface area (Å²) < 4.78 is 14.7. The van der Waals surface area contributed by atoms with E-state index in [2.05, 4.69) is 29.7 Å². The van der Waals surface area contributed by atoms with Crippen LogP contribution in [-0.2, 0) is 43.2 Å². The summed E-state index contributed by atoms with van der Waals surface area (Å²) in [4.78, 5) is 96.7. The monoisotopic (exact) mass is 673 g/mol. The Morgan fingerprint density at radius 3 is 1.76 bits per heavy atom. The molecule has 46 heavy (non-hydrogen) atoms. The van der Waals surface area contributed by atoms with Crippen molar-refractivity contribution in [3.8, 4) is 0 Å². The average molecular weight is 674 g/mol. The summed E-state index contributed by atoms with van der Waals surface area (Å²) in [5.74, 6) is -0.759. The lowest BCUT2D eigenvalue weighted by Gasteiger charge is -2.16. The number of hydrogen-bond donors (Lipinski definition) is 2. The van der Waals surface area contributed by atoms with Gasteiger partial charge in [-0.2, -0.15) is 0 Å². The van der Waals surface area contributed by atoms with E-state index in [1.807, 2.05) is 0 Å². The Bertz CT molecular complexity index is 1020. The summed E-state index contributed by atoms with van der Waals surface area (Å²) in [5.41, 5.74) is 5.70. The van der Waals surface area contributed by atoms with Crippen molar-refractivity contribution in [3.63, 3.8) is 0 Å². The van der Waals surface area contributed by atoms with Gasteiger partial charge in [0.15, 0.2) is 6.23 Å². The zero-order chi connectivity index (χ0) is 34.7. The molecule has 0 aliphatic heterocycles. The lowest BCUT2D eigenvalue weighted by Crippen LogP contribution is -2.37. The van der Waals surface area contributed by atoms with Crippen molar-refractivity contribution in [2.24, 2.45) is 10.7 Å². The fourth-order valence-electron chi connectivity index (χ4n) is 3.33. The van der Waals surface area contributed by atoms with Gasteiger partial charge in [0.25, 0.3) is 26.8 Å². The Labute approximate surface area is 259 Å². The van der Waals surface area contributed by atoms with Gasteiger partial charge in [0, 0.05) is 13.0 Å². The normalized spacial score (nSPS) is 12.7. The van der Waals surface area contributed by atoms with E-state index < -0.39 is 64.1 Å². The van der Waals surface area contributed by atoms with Crippen molar-refractivity contribution in [2.75, 3.05) is 33.0 Å². The maximum absolute atomic E-state index is 12.0. The standard InChI is InChI=1S/C21H35N7O18/c22-18(12-20(30)40-10-3-1-6-16(45-27(36)37)13-43-25(32)33)23-9-5-8-19(42-15-29)24-21(31)41-11-4-2-7-17(46-28(38)39)14-44-26(34)35/h15-17,19H,1-14H2,(H2,22,23)(H,24,31). The van der Waals surface area contributed by atoms with Crippen molar-refractivity contribution >= 4 is 24.4 Å². The van der Waals surface area contributed by atoms with Crippen LogP contribution in [0.5, 0.6) is 0 Å². The number of esters is 1. The first-order valence-electron chi connectivity index (χ1n) is 13.5. The summed E-state index contributed by atoms with van der Waals surface area (Å²) in [6.45, 7) is -1.28. The van der Waals surface area contributed by atoms with E-state index in [9.17, 15) is 54.8 Å². The molecule has 0 aromatic carbocycles. The van der Waals surface area contributed by atoms with E-state index in [4.69, 9.17) is 19.9 Å². The molecule has 0 aromatic rings. The topological polar surface area (TPSA) is 339 Å². The van der Waals surface area contributed by atoms with Gasteiger partial charge >= 0.3 is 12.1 Å². The Morgan fingerprint density at radius 1 is 0.761 bits per heavy atom. The van der Waals surface area contributed by atoms with E-state index in [0.717, 1.165) is 0 Å². The highest BCUT2D eigenvalue weighted by Crippen LogP contribution is 2.09. The van der Waals surface area contributed by atoms with E-state index in [1.165, 1.54) is 0 Å². The van der Waals surface area contributed by atoms with E-state index in [0.29, 0.717) is 0 Å². The zero-order valence-corrected chi connectivity index (χ0v) is 24.4. The average Bonchev–Trinajstić information content (AvgIpc) is 2.95. The number of alkyl carbamates (subject to hydrolysis) is 1. The molecule has 3 atom stereocenters. The number of unbranched alkanes of at least 4 members (excludes halogenated alkanes) is 2. The molecule has 0 aliphatic rings. The highest BCUT2D eigenvalue weighted by molar-refractivity contribution is 5.96. The fourth-order valence-corrected chi connectivity index (χ4v) is 3.33. The molecule has 0 aromatic heterocycles. The molecular weight excluding hydrogens is 638 g/mol. The van der Waals surface area contributed by atoms with Gasteiger partial charge in [-0.3, -0.25) is 19.9 Å². The highest BCUT2D eigenvalue weighted by Gasteiger charge is 2.18. The smallest absolute Gasteiger partial charge is 0.409 e. The number of carbonyl (C=O) groups is 3. The van der Waals surface area contributed by atoms with Crippen molar-refractivity contribution in [2.45, 2.75) is 76.2 Å². The number of nitrogens with two attached hydrogens (primary N) is 1. The first-order valence-corrected chi connectivity index (χ1v) is 13.5. The van der Waals surface area contributed by atoms with Crippen LogP contribution in [0.3, 0.4) is 0 Å². The number of nitrogens with zero attached hydrogens (tertiary/aromatic N) is 5. The highest BCUT2D eigenvalue weighted by atomic mass is 17.0. The van der Waals surface area contributed by atoms with Crippen LogP contribution in [0.4, 0.5) is 4.79 Å². The van der Waals surface area contributed by atoms with Crippen molar-refractivity contribution in [3.05, 3.63) is 40.5 Å². The quantitative estimate of drug-likeness (QED) is 0.0123. The number of nitrogens with one attached hydrogen (secondary N) is 1. The molecule has 25 nitrogen and oxygen atoms in total. The molecule has 0 saturated carbocycles. The minimum Gasteiger partial charge on any atom is -0.465 e. The van der Waals surface area contributed by atoms with Gasteiger partial charge in [-0.1, -0.05) is 0 Å². The van der Waals surface area contributed by atoms with E-state index in [1.54, 1.807) is 0 Å². The minimum atomic E-state index is -1.19. The van der Waals surface area contributed by atoms with Gasteiger partial charge in [-0.25, -0.2) is 4.79 Å². The number of rotatable bonds is 29. The predicted octanol–water partition coefficient (Wildman–Crippen LogP) is 0.193. The Kier molecular flexibility index (Phi) is 21.9. The lowest BCUT2D eigenvalue weighted by atomic mass is 10.2. The number of ether oxygens (including phenoxy) is 3. The van der Waals surface area contributed by atoms with E-state index in [-0.39, 0.29) is 89.9 Å². The van der Waals surface area contributed by atoms with Crippen LogP contribution < -0.4 is 11.1 Å². The third kappa shape index (κ3) is 25.0. The van der Waals surface area contributed by atoms with Gasteiger partial charge < -0.3 is 39.3 Å². The molecular formula is C21H35N7O18. The molecule has 1 amide bonds. The Hall–Kier alpha value is -5.52. The van der Waals surface area contributed by atoms with Crippen LogP contribution in [0.2, 0.25) is 0 Å². The van der Waals surface area contributed by atoms with Crippen LogP contribution in [-0.4, -0.2) is 96.1 Å². The van der Waals surface area contributed by atoms with Gasteiger partial charge in [0.1, 0.15) is 37.7 Å². The second-order valence-corrected chi connectivity index (χ2v) is 8.85. The number of hydrogen-bond acceptors (Lipinski definition) is 19. The summed E-state index contributed by atoms with van der Waals surface area (Å²) in [7, 11) is 0. The molecule has 0 heterocycles. The first kappa shape index (κ1) is 40.5. The summed E-state index contributed by atoms with van der Waals surface area (Å²) >= 11 is 0. The second-order valence-electron chi connectivity index (χ2n) is 8.85. The van der Waals surface area contributed by atoms with Gasteiger partial charge in [-0.05, 0) is 44.9 Å². The summed E-state index contributed by atoms with van der Waals surface area (Å²) in [6, 6.07) is 0. The molecule has 0 fully saturated rings. The molecule has 3 N–H and O–H groups in total. The number of amides is 1. The van der Waals surface area contributed by atoms with Gasteiger partial charge in [0.2, 0.25) is 0 Å². The van der Waals surface area contributed by atoms with Crippen LogP contribution in [0.25, 0.3) is 0 Å². The maximum Gasteiger partial charge on any atom is 0.409 e. The molecule has 0 saturated heterocycles. The van der Waals surface area contributed by atoms with Gasteiger partial charge in [-0.15, -0.1) is 40.5 Å². The van der Waals surface area contributed by atoms with Crippen molar-refractivity contribution in [1.29, 1.82) is 0 Å². The van der Waals surface area contributed by atoms with Crippen LogP contribution in [0.1, 0.15) is 57.8 Å². The predicted molar refractivity (Wildman–Crippen MR) is 144 cm³/mol. The molecule has 0 rings (SSSR count). The molecule has 0 radical (unpaired) electrons. The molecule has 262 valence electrons. The molecule has 25 heteroatoms. The number of aliphatic imine (C=N–C) groups is 1. The van der Waals surface area contributed by atoms with E-state index >= 15 is 0 Å². The SMILES string of the molecule is NC(CC(=O)OCCCCC(CO[N+](=O)[O-])O[N+](=O)[O-])=NCCCC(NC(=O)OCCCCC(CO[N+](=O)[O-])O[N+](=O)[O-])OC=O. The molecule has 3 unspecified atom stereocenters. The van der Waals surface area contributed by atoms with Crippen molar-refractivity contribution < 1.29 is 68.3 Å². The number of amidine groups is 1. The number of carbonyl (C=O) groups excluding carboxylic acids is 3. The Morgan fingerprint density at radius 2 is 1.28 bits per heavy atom. The van der Waals surface area contributed by atoms with Crippen LogP contribution in [0, 0.1) is 40.5 Å². The minimum absolute atomic E-state index is 0.00757. The summed E-state index contributed by atoms with van der Waals surface area (Å²) in [5, 5.41) is 39.2. The van der Waals surface area contributed by atoms with Gasteiger partial charge in [0.05, 0.1) is 13.2 Å². The molecule has 0 aliphatic carbocycles. The Balaban J connectivity index is 4.27. The maximum atomic E-state index is 12.0.